The van der Waals surface area contributed by atoms with Gasteiger partial charge in [-0.15, -0.1) is 11.8 Å². The SMILES string of the molecule is CCSc1cc(OC2(C)COC2)cnc1-c1nc2cc(C(F)(F)F)ncc2n1C. The van der Waals surface area contributed by atoms with Crippen molar-refractivity contribution in [3.63, 3.8) is 0 Å². The summed E-state index contributed by atoms with van der Waals surface area (Å²) >= 11 is 1.57. The number of hydrogen-bond acceptors (Lipinski definition) is 6. The summed E-state index contributed by atoms with van der Waals surface area (Å²) in [6.07, 6.45) is -1.72. The third kappa shape index (κ3) is 3.78. The van der Waals surface area contributed by atoms with Gasteiger partial charge in [0, 0.05) is 11.9 Å². The Labute approximate surface area is 169 Å². The van der Waals surface area contributed by atoms with Crippen LogP contribution in [0.1, 0.15) is 19.5 Å². The normalized spacial score (nSPS) is 16.1. The molecule has 1 saturated heterocycles. The van der Waals surface area contributed by atoms with Gasteiger partial charge in [-0.2, -0.15) is 13.2 Å². The molecule has 4 heterocycles. The molecule has 0 radical (unpaired) electrons. The Morgan fingerprint density at radius 3 is 2.62 bits per heavy atom. The standard InChI is InChI=1S/C19H19F3N4O2S/c1-4-29-14-5-11(28-18(2)9-27-10-18)7-24-16(14)17-25-12-6-15(19(20,21)22)23-8-13(12)26(17)3/h5-8H,4,9-10H2,1-3H3. The number of pyridine rings is 2. The summed E-state index contributed by atoms with van der Waals surface area (Å²) in [5.41, 5.74) is -0.0215. The van der Waals surface area contributed by atoms with E-state index in [1.165, 1.54) is 6.20 Å². The highest BCUT2D eigenvalue weighted by Gasteiger charge is 2.36. The number of aryl methyl sites for hydroxylation is 1. The fourth-order valence-corrected chi connectivity index (χ4v) is 3.90. The van der Waals surface area contributed by atoms with Crippen LogP contribution in [0.4, 0.5) is 13.2 Å². The zero-order chi connectivity index (χ0) is 20.8. The van der Waals surface area contributed by atoms with E-state index in [1.54, 1.807) is 29.6 Å². The van der Waals surface area contributed by atoms with Crippen LogP contribution in [0.3, 0.4) is 0 Å². The first-order valence-electron chi connectivity index (χ1n) is 9.00. The topological polar surface area (TPSA) is 62.1 Å². The first kappa shape index (κ1) is 20.0. The number of hydrogen-bond donors (Lipinski definition) is 0. The Bertz CT molecular complexity index is 1060. The van der Waals surface area contributed by atoms with Crippen molar-refractivity contribution in [2.45, 2.75) is 30.5 Å². The molecule has 1 aliphatic heterocycles. The van der Waals surface area contributed by atoms with Crippen molar-refractivity contribution >= 4 is 22.8 Å². The molecule has 154 valence electrons. The van der Waals surface area contributed by atoms with E-state index < -0.39 is 11.9 Å². The fourth-order valence-electron chi connectivity index (χ4n) is 3.10. The van der Waals surface area contributed by atoms with E-state index in [2.05, 4.69) is 15.0 Å². The lowest BCUT2D eigenvalue weighted by Crippen LogP contribution is -2.51. The number of alkyl halides is 3. The lowest BCUT2D eigenvalue weighted by atomic mass is 10.1. The quantitative estimate of drug-likeness (QED) is 0.568. The van der Waals surface area contributed by atoms with Gasteiger partial charge in [0.1, 0.15) is 17.1 Å². The molecule has 29 heavy (non-hydrogen) atoms. The largest absolute Gasteiger partial charge is 0.481 e. The molecule has 0 unspecified atom stereocenters. The highest BCUT2D eigenvalue weighted by Crippen LogP contribution is 2.36. The van der Waals surface area contributed by atoms with E-state index in [9.17, 15) is 13.2 Å². The Morgan fingerprint density at radius 2 is 2.00 bits per heavy atom. The van der Waals surface area contributed by atoms with Crippen LogP contribution in [0.15, 0.2) is 29.4 Å². The molecule has 0 amide bonds. The minimum absolute atomic E-state index is 0.221. The molecular weight excluding hydrogens is 405 g/mol. The van der Waals surface area contributed by atoms with E-state index in [4.69, 9.17) is 9.47 Å². The van der Waals surface area contributed by atoms with Gasteiger partial charge in [-0.05, 0) is 24.8 Å². The first-order chi connectivity index (χ1) is 13.7. The highest BCUT2D eigenvalue weighted by atomic mass is 32.2. The number of rotatable bonds is 5. The summed E-state index contributed by atoms with van der Waals surface area (Å²) in [6.45, 7) is 5.01. The van der Waals surface area contributed by atoms with Crippen LogP contribution >= 0.6 is 11.8 Å². The molecule has 0 aliphatic carbocycles. The third-order valence-corrected chi connectivity index (χ3v) is 5.49. The van der Waals surface area contributed by atoms with Gasteiger partial charge in [0.25, 0.3) is 0 Å². The van der Waals surface area contributed by atoms with Crippen LogP contribution in [-0.4, -0.2) is 44.1 Å². The Morgan fingerprint density at radius 1 is 1.24 bits per heavy atom. The van der Waals surface area contributed by atoms with Crippen molar-refractivity contribution < 1.29 is 22.6 Å². The van der Waals surface area contributed by atoms with Gasteiger partial charge in [0.05, 0.1) is 36.6 Å². The predicted molar refractivity (Wildman–Crippen MR) is 103 cm³/mol. The maximum absolute atomic E-state index is 13.0. The molecular formula is C19H19F3N4O2S. The molecule has 3 aromatic heterocycles. The second-order valence-electron chi connectivity index (χ2n) is 7.05. The van der Waals surface area contributed by atoms with Crippen LogP contribution in [0, 0.1) is 0 Å². The zero-order valence-electron chi connectivity index (χ0n) is 16.1. The first-order valence-corrected chi connectivity index (χ1v) is 9.98. The van der Waals surface area contributed by atoms with Gasteiger partial charge in [-0.25, -0.2) is 15.0 Å². The summed E-state index contributed by atoms with van der Waals surface area (Å²) in [4.78, 5) is 13.3. The zero-order valence-corrected chi connectivity index (χ0v) is 16.9. The monoisotopic (exact) mass is 424 g/mol. The van der Waals surface area contributed by atoms with Crippen molar-refractivity contribution in [2.75, 3.05) is 19.0 Å². The van der Waals surface area contributed by atoms with Crippen LogP contribution in [-0.2, 0) is 18.0 Å². The molecule has 10 heteroatoms. The molecule has 1 fully saturated rings. The van der Waals surface area contributed by atoms with Crippen LogP contribution in [0.2, 0.25) is 0 Å². The maximum atomic E-state index is 13.0. The minimum Gasteiger partial charge on any atom is -0.481 e. The van der Waals surface area contributed by atoms with Crippen LogP contribution in [0.25, 0.3) is 22.6 Å². The number of fused-ring (bicyclic) bond motifs is 1. The number of halogens is 3. The molecule has 0 atom stereocenters. The van der Waals surface area contributed by atoms with Gasteiger partial charge in [0.15, 0.2) is 11.4 Å². The van der Waals surface area contributed by atoms with E-state index in [0.717, 1.165) is 16.7 Å². The van der Waals surface area contributed by atoms with Gasteiger partial charge in [-0.1, -0.05) is 6.92 Å². The van der Waals surface area contributed by atoms with Crippen LogP contribution in [0.5, 0.6) is 5.75 Å². The smallest absolute Gasteiger partial charge is 0.433 e. The Hall–Kier alpha value is -2.33. The molecule has 0 N–H and O–H groups in total. The van der Waals surface area contributed by atoms with E-state index in [0.29, 0.717) is 36.0 Å². The predicted octanol–water partition coefficient (Wildman–Crippen LogP) is 4.33. The summed E-state index contributed by atoms with van der Waals surface area (Å²) in [7, 11) is 1.73. The fraction of sp³-hybridized carbons (Fsp3) is 0.421. The molecule has 4 rings (SSSR count). The van der Waals surface area contributed by atoms with E-state index in [-0.39, 0.29) is 11.1 Å². The summed E-state index contributed by atoms with van der Waals surface area (Å²) in [5.74, 6) is 1.89. The van der Waals surface area contributed by atoms with Crippen molar-refractivity contribution in [1.82, 2.24) is 19.5 Å². The summed E-state index contributed by atoms with van der Waals surface area (Å²) in [6, 6.07) is 2.85. The lowest BCUT2D eigenvalue weighted by molar-refractivity contribution is -0.150. The van der Waals surface area contributed by atoms with Crippen molar-refractivity contribution in [1.29, 1.82) is 0 Å². The van der Waals surface area contributed by atoms with E-state index in [1.807, 2.05) is 19.9 Å². The number of ether oxygens (including phenoxy) is 2. The number of nitrogens with zero attached hydrogens (tertiary/aromatic N) is 4. The van der Waals surface area contributed by atoms with Gasteiger partial charge < -0.3 is 14.0 Å². The maximum Gasteiger partial charge on any atom is 0.433 e. The van der Waals surface area contributed by atoms with Crippen molar-refractivity contribution in [3.8, 4) is 17.3 Å². The second-order valence-corrected chi connectivity index (χ2v) is 8.35. The molecule has 0 bridgehead atoms. The molecule has 1 aliphatic rings. The van der Waals surface area contributed by atoms with Gasteiger partial charge in [-0.3, -0.25) is 0 Å². The summed E-state index contributed by atoms with van der Waals surface area (Å²) < 4.78 is 51.9. The third-order valence-electron chi connectivity index (χ3n) is 4.58. The highest BCUT2D eigenvalue weighted by molar-refractivity contribution is 7.99. The lowest BCUT2D eigenvalue weighted by Gasteiger charge is -2.38. The molecule has 0 saturated carbocycles. The molecule has 0 aromatic carbocycles. The van der Waals surface area contributed by atoms with Gasteiger partial charge >= 0.3 is 6.18 Å². The van der Waals surface area contributed by atoms with Crippen LogP contribution < -0.4 is 4.74 Å². The average molecular weight is 424 g/mol. The average Bonchev–Trinajstić information content (AvgIpc) is 2.96. The number of imidazole rings is 1. The van der Waals surface area contributed by atoms with Crippen molar-refractivity contribution in [2.24, 2.45) is 7.05 Å². The molecule has 0 spiro atoms. The van der Waals surface area contributed by atoms with E-state index >= 15 is 0 Å². The Kier molecular flexibility index (Phi) is 4.94. The number of aromatic nitrogens is 4. The summed E-state index contributed by atoms with van der Waals surface area (Å²) in [5, 5.41) is 0. The Balaban J connectivity index is 1.76. The van der Waals surface area contributed by atoms with Crippen molar-refractivity contribution in [3.05, 3.63) is 30.2 Å². The minimum atomic E-state index is -4.52. The molecule has 6 nitrogen and oxygen atoms in total. The molecule has 3 aromatic rings. The van der Waals surface area contributed by atoms with Gasteiger partial charge in [0.2, 0.25) is 0 Å². The second kappa shape index (κ2) is 7.17. The number of thioether (sulfide) groups is 1.